The molecule has 94 valence electrons. The molecule has 0 aromatic carbocycles. The molecule has 0 aliphatic rings. The summed E-state index contributed by atoms with van der Waals surface area (Å²) in [5, 5.41) is 19.8. The fraction of sp³-hybridized carbons (Fsp3) is 0.417. The Morgan fingerprint density at radius 2 is 2.35 bits per heavy atom. The molecular formula is C12H19N3OS. The van der Waals surface area contributed by atoms with Gasteiger partial charge in [0.25, 0.3) is 0 Å². The number of aromatic nitrogens is 2. The van der Waals surface area contributed by atoms with Crippen LogP contribution < -0.4 is 16.3 Å². The zero-order valence-corrected chi connectivity index (χ0v) is 11.0. The second-order valence-corrected chi connectivity index (χ2v) is 4.25. The maximum atomic E-state index is 9.52. The van der Waals surface area contributed by atoms with Gasteiger partial charge in [-0.05, 0) is 19.4 Å². The van der Waals surface area contributed by atoms with E-state index in [1.54, 1.807) is 6.08 Å². The van der Waals surface area contributed by atoms with Gasteiger partial charge in [-0.2, -0.15) is 5.10 Å². The molecule has 4 nitrogen and oxygen atoms in total. The summed E-state index contributed by atoms with van der Waals surface area (Å²) in [4.78, 5) is 0. The lowest BCUT2D eigenvalue weighted by atomic mass is 10.1. The summed E-state index contributed by atoms with van der Waals surface area (Å²) in [6, 6.07) is 0.0297. The average Bonchev–Trinajstić information content (AvgIpc) is 2.62. The largest absolute Gasteiger partial charge is 0.507 e. The lowest BCUT2D eigenvalue weighted by molar-refractivity contribution is 0.443. The van der Waals surface area contributed by atoms with Crippen molar-refractivity contribution in [2.24, 2.45) is 5.73 Å². The van der Waals surface area contributed by atoms with Crippen LogP contribution in [0.1, 0.15) is 26.0 Å². The van der Waals surface area contributed by atoms with E-state index in [9.17, 15) is 5.11 Å². The third-order valence-corrected chi connectivity index (χ3v) is 2.52. The number of nitrogens with two attached hydrogens (primary N) is 1. The number of hydrogen-bond acceptors (Lipinski definition) is 4. The molecule has 0 radical (unpaired) electrons. The van der Waals surface area contributed by atoms with Gasteiger partial charge in [-0.25, -0.2) is 0 Å². The monoisotopic (exact) mass is 253 g/mol. The van der Waals surface area contributed by atoms with E-state index in [2.05, 4.69) is 22.8 Å². The molecule has 17 heavy (non-hydrogen) atoms. The average molecular weight is 253 g/mol. The minimum atomic E-state index is 0.0297. The van der Waals surface area contributed by atoms with Gasteiger partial charge in [-0.1, -0.05) is 13.0 Å². The molecule has 0 aliphatic carbocycles. The van der Waals surface area contributed by atoms with Crippen LogP contribution in [0.3, 0.4) is 0 Å². The van der Waals surface area contributed by atoms with Gasteiger partial charge in [0.15, 0.2) is 0 Å². The topological polar surface area (TPSA) is 74.9 Å². The number of nitrogens with one attached hydrogen (secondary N) is 1. The number of aliphatic hydroxyl groups excluding tert-OH is 1. The van der Waals surface area contributed by atoms with Gasteiger partial charge in [0, 0.05) is 23.1 Å². The maximum Gasteiger partial charge on any atom is 0.122 e. The summed E-state index contributed by atoms with van der Waals surface area (Å²) in [5.41, 5.74) is 6.63. The van der Waals surface area contributed by atoms with Crippen LogP contribution in [0, 0.1) is 0 Å². The highest BCUT2D eigenvalue weighted by molar-refractivity contribution is 7.83. The molecule has 1 heterocycles. The zero-order valence-electron chi connectivity index (χ0n) is 10.1. The van der Waals surface area contributed by atoms with Crippen molar-refractivity contribution in [1.29, 1.82) is 0 Å². The van der Waals surface area contributed by atoms with E-state index in [1.807, 2.05) is 19.9 Å². The number of H-pyrrole nitrogens is 1. The van der Waals surface area contributed by atoms with Crippen molar-refractivity contribution >= 4 is 24.8 Å². The van der Waals surface area contributed by atoms with Gasteiger partial charge >= 0.3 is 0 Å². The van der Waals surface area contributed by atoms with Crippen molar-refractivity contribution in [2.75, 3.05) is 0 Å². The van der Waals surface area contributed by atoms with Crippen LogP contribution in [-0.4, -0.2) is 21.3 Å². The molecule has 0 aliphatic heterocycles. The Morgan fingerprint density at radius 1 is 1.65 bits per heavy atom. The number of aliphatic hydroxyl groups is 1. The number of aromatic amines is 1. The smallest absolute Gasteiger partial charge is 0.122 e. The molecular weight excluding hydrogens is 234 g/mol. The fourth-order valence-electron chi connectivity index (χ4n) is 1.57. The van der Waals surface area contributed by atoms with Crippen LogP contribution >= 0.6 is 12.6 Å². The third kappa shape index (κ3) is 3.94. The Kier molecular flexibility index (Phi) is 5.31. The van der Waals surface area contributed by atoms with Gasteiger partial charge < -0.3 is 10.8 Å². The highest BCUT2D eigenvalue weighted by atomic mass is 32.1. The molecule has 1 atom stereocenters. The standard InChI is InChI=1S/C12H19N3OS/c1-3-4-11-10(6-9(16)7-17)12(15-14-11)5-8(2)13/h4,6-8,14,16-17H,3,5,13H2,1-2H3/b9-7-,10-6+,11-4+. The molecule has 5 heteroatoms. The molecule has 4 N–H and O–H groups in total. The number of nitrogens with zero attached hydrogens (tertiary/aromatic N) is 1. The molecule has 0 amide bonds. The van der Waals surface area contributed by atoms with E-state index in [1.165, 1.54) is 5.41 Å². The lowest BCUT2D eigenvalue weighted by Gasteiger charge is -2.00. The van der Waals surface area contributed by atoms with Crippen LogP contribution in [0.4, 0.5) is 0 Å². The van der Waals surface area contributed by atoms with Crippen molar-refractivity contribution in [3.63, 3.8) is 0 Å². The van der Waals surface area contributed by atoms with Crippen LogP contribution in [0.25, 0.3) is 12.2 Å². The first-order valence-corrected chi connectivity index (χ1v) is 6.14. The van der Waals surface area contributed by atoms with Gasteiger partial charge in [-0.3, -0.25) is 5.10 Å². The number of hydrogen-bond donors (Lipinski definition) is 4. The highest BCUT2D eigenvalue weighted by Crippen LogP contribution is 1.94. The summed E-state index contributed by atoms with van der Waals surface area (Å²) < 4.78 is 0. The normalized spacial score (nSPS) is 16.6. The first kappa shape index (κ1) is 13.9. The zero-order chi connectivity index (χ0) is 12.8. The molecule has 0 spiro atoms. The van der Waals surface area contributed by atoms with Crippen LogP contribution in [-0.2, 0) is 6.42 Å². The lowest BCUT2D eigenvalue weighted by Crippen LogP contribution is -2.28. The van der Waals surface area contributed by atoms with Crippen LogP contribution in [0.5, 0.6) is 0 Å². The van der Waals surface area contributed by atoms with Gasteiger partial charge in [0.1, 0.15) is 5.76 Å². The predicted molar refractivity (Wildman–Crippen MR) is 74.1 cm³/mol. The summed E-state index contributed by atoms with van der Waals surface area (Å²) in [7, 11) is 0. The van der Waals surface area contributed by atoms with E-state index in [0.29, 0.717) is 6.42 Å². The van der Waals surface area contributed by atoms with Crippen molar-refractivity contribution < 1.29 is 5.11 Å². The van der Waals surface area contributed by atoms with Gasteiger partial charge in [0.05, 0.1) is 11.0 Å². The molecule has 0 saturated heterocycles. The van der Waals surface area contributed by atoms with E-state index in [4.69, 9.17) is 5.73 Å². The second-order valence-electron chi connectivity index (χ2n) is 3.99. The summed E-state index contributed by atoms with van der Waals surface area (Å²) in [6.45, 7) is 3.97. The van der Waals surface area contributed by atoms with Gasteiger partial charge in [-0.15, -0.1) is 12.6 Å². The Hall–Kier alpha value is -1.20. The maximum absolute atomic E-state index is 9.52. The molecule has 1 aromatic rings. The van der Waals surface area contributed by atoms with Crippen molar-refractivity contribution in [3.05, 3.63) is 27.4 Å². The summed E-state index contributed by atoms with van der Waals surface area (Å²) in [6.07, 6.45) is 5.23. The Balaban J connectivity index is 3.35. The first-order chi connectivity index (χ1) is 8.08. The Labute approximate surface area is 106 Å². The number of thiol groups is 1. The molecule has 0 bridgehead atoms. The SMILES string of the molecule is CC/C=c1/[nH]nc(CC(C)N)/c1=C/C(O)=C/S. The van der Waals surface area contributed by atoms with Crippen LogP contribution in [0.2, 0.25) is 0 Å². The molecule has 1 rings (SSSR count). The minimum Gasteiger partial charge on any atom is -0.507 e. The Morgan fingerprint density at radius 3 is 2.88 bits per heavy atom. The van der Waals surface area contributed by atoms with E-state index in [-0.39, 0.29) is 11.8 Å². The molecule has 0 fully saturated rings. The Bertz CT molecular complexity index is 502. The minimum absolute atomic E-state index is 0.0297. The molecule has 1 aromatic heterocycles. The first-order valence-electron chi connectivity index (χ1n) is 5.62. The quantitative estimate of drug-likeness (QED) is 0.469. The molecule has 1 unspecified atom stereocenters. The van der Waals surface area contributed by atoms with Crippen molar-refractivity contribution in [3.8, 4) is 0 Å². The summed E-state index contributed by atoms with van der Waals surface area (Å²) >= 11 is 3.91. The van der Waals surface area contributed by atoms with Crippen molar-refractivity contribution in [2.45, 2.75) is 32.7 Å². The predicted octanol–water partition coefficient (Wildman–Crippen LogP) is 0.600. The third-order valence-electron chi connectivity index (χ3n) is 2.26. The fourth-order valence-corrected chi connectivity index (χ4v) is 1.64. The molecule has 0 saturated carbocycles. The van der Waals surface area contributed by atoms with E-state index < -0.39 is 0 Å². The van der Waals surface area contributed by atoms with E-state index in [0.717, 1.165) is 22.7 Å². The highest BCUT2D eigenvalue weighted by Gasteiger charge is 2.05. The summed E-state index contributed by atoms with van der Waals surface area (Å²) in [5.74, 6) is 0.103. The number of allylic oxidation sites excluding steroid dienone is 1. The van der Waals surface area contributed by atoms with Gasteiger partial charge in [0.2, 0.25) is 0 Å². The van der Waals surface area contributed by atoms with Crippen molar-refractivity contribution in [1.82, 2.24) is 10.2 Å². The second kappa shape index (κ2) is 6.51. The van der Waals surface area contributed by atoms with E-state index >= 15 is 0 Å². The van der Waals surface area contributed by atoms with Crippen LogP contribution in [0.15, 0.2) is 11.2 Å². The number of rotatable bonds is 4.